The maximum Gasteiger partial charge on any atom is 0.0201 e. The van der Waals surface area contributed by atoms with Gasteiger partial charge in [0.25, 0.3) is 0 Å². The molecule has 0 atom stereocenters. The number of nitrogens with one attached hydrogen (secondary N) is 1. The third-order valence-corrected chi connectivity index (χ3v) is 2.70. The molecule has 2 saturated heterocycles. The van der Waals surface area contributed by atoms with Crippen molar-refractivity contribution >= 4 is 6.21 Å². The fourth-order valence-corrected chi connectivity index (χ4v) is 1.95. The van der Waals surface area contributed by atoms with E-state index in [-0.39, 0.29) is 0 Å². The number of hydrogen-bond donors (Lipinski definition) is 1. The van der Waals surface area contributed by atoms with Crippen LogP contribution >= 0.6 is 0 Å². The van der Waals surface area contributed by atoms with Crippen molar-refractivity contribution in [2.24, 2.45) is 5.41 Å². The van der Waals surface area contributed by atoms with Crippen molar-refractivity contribution < 1.29 is 0 Å². The summed E-state index contributed by atoms with van der Waals surface area (Å²) in [6, 6.07) is 0. The molecular weight excluding hydrogens is 112 g/mol. The molecule has 0 amide bonds. The number of nitrogens with zero attached hydrogens (tertiary/aromatic N) is 1. The zero-order valence-corrected chi connectivity index (χ0v) is 5.56. The largest absolute Gasteiger partial charge is 0.312 e. The summed E-state index contributed by atoms with van der Waals surface area (Å²) >= 11 is 0. The van der Waals surface area contributed by atoms with Gasteiger partial charge in [0.2, 0.25) is 0 Å². The summed E-state index contributed by atoms with van der Waals surface area (Å²) in [5.41, 5.74) is 0.319. The number of fused-ring (bicyclic) bond motifs is 2. The first-order chi connectivity index (χ1) is 4.35. The Morgan fingerprint density at radius 3 is 2.22 bits per heavy atom. The molecule has 0 saturated carbocycles. The van der Waals surface area contributed by atoms with Gasteiger partial charge in [0, 0.05) is 18.2 Å². The van der Waals surface area contributed by atoms with E-state index in [1.54, 1.807) is 6.21 Å². The first kappa shape index (κ1) is 5.42. The molecule has 2 heterocycles. The van der Waals surface area contributed by atoms with Crippen molar-refractivity contribution in [3.05, 3.63) is 0 Å². The summed E-state index contributed by atoms with van der Waals surface area (Å²) in [7, 11) is 0. The van der Waals surface area contributed by atoms with E-state index in [0.29, 0.717) is 5.41 Å². The van der Waals surface area contributed by atoms with E-state index in [1.165, 1.54) is 25.9 Å². The van der Waals surface area contributed by atoms with Crippen molar-refractivity contribution in [2.75, 3.05) is 19.6 Å². The van der Waals surface area contributed by atoms with Gasteiger partial charge in [0.15, 0.2) is 0 Å². The lowest BCUT2D eigenvalue weighted by atomic mass is 9.86. The summed E-state index contributed by atoms with van der Waals surface area (Å²) in [5.74, 6) is 0. The highest BCUT2D eigenvalue weighted by atomic mass is 15.2. The monoisotopic (exact) mass is 124 g/mol. The van der Waals surface area contributed by atoms with Crippen LogP contribution in [0.1, 0.15) is 12.8 Å². The Hall–Kier alpha value is -0.370. The topological polar surface area (TPSA) is 27.1 Å². The van der Waals surface area contributed by atoms with Gasteiger partial charge in [-0.3, -0.25) is 0 Å². The highest BCUT2D eigenvalue weighted by molar-refractivity contribution is 5.64. The van der Waals surface area contributed by atoms with E-state index in [0.717, 1.165) is 6.54 Å². The lowest BCUT2D eigenvalue weighted by Gasteiger charge is -2.18. The molecule has 0 aromatic carbocycles. The molecule has 0 unspecified atom stereocenters. The second kappa shape index (κ2) is 1.57. The highest BCUT2D eigenvalue weighted by Crippen LogP contribution is 2.38. The van der Waals surface area contributed by atoms with E-state index in [2.05, 4.69) is 4.90 Å². The maximum absolute atomic E-state index is 7.22. The Kier molecular flexibility index (Phi) is 0.943. The van der Waals surface area contributed by atoms with Crippen LogP contribution in [0.25, 0.3) is 0 Å². The Balaban J connectivity index is 2.21. The van der Waals surface area contributed by atoms with E-state index < -0.39 is 0 Å². The molecule has 50 valence electrons. The van der Waals surface area contributed by atoms with Gasteiger partial charge in [-0.2, -0.15) is 0 Å². The quantitative estimate of drug-likeness (QED) is 0.513. The highest BCUT2D eigenvalue weighted by Gasteiger charge is 2.41. The number of rotatable bonds is 1. The molecule has 2 rings (SSSR count). The van der Waals surface area contributed by atoms with Gasteiger partial charge in [-0.05, 0) is 25.9 Å². The minimum Gasteiger partial charge on any atom is -0.312 e. The summed E-state index contributed by atoms with van der Waals surface area (Å²) in [5, 5.41) is 7.22. The van der Waals surface area contributed by atoms with E-state index in [4.69, 9.17) is 5.41 Å². The van der Waals surface area contributed by atoms with Crippen molar-refractivity contribution in [1.82, 2.24) is 4.90 Å². The molecule has 2 heteroatoms. The van der Waals surface area contributed by atoms with Crippen LogP contribution in [0.5, 0.6) is 0 Å². The standard InChI is InChI=1S/C7H12N2/c8-5-7-1-3-9(6-7)4-2-7/h5,8H,1-4,6H2. The number of piperidine rings is 1. The maximum atomic E-state index is 7.22. The SMILES string of the molecule is N=CC12CCN(CC1)C2. The molecule has 0 aromatic heterocycles. The normalized spacial score (nSPS) is 47.8. The number of hydrogen-bond acceptors (Lipinski definition) is 2. The molecule has 0 aliphatic carbocycles. The van der Waals surface area contributed by atoms with Gasteiger partial charge < -0.3 is 10.3 Å². The lowest BCUT2D eigenvalue weighted by Crippen LogP contribution is -2.20. The molecule has 2 bridgehead atoms. The molecular formula is C7H12N2. The van der Waals surface area contributed by atoms with Crippen LogP contribution in [0.2, 0.25) is 0 Å². The van der Waals surface area contributed by atoms with Gasteiger partial charge in [-0.15, -0.1) is 0 Å². The Labute approximate surface area is 55.4 Å². The Bertz CT molecular complexity index is 134. The summed E-state index contributed by atoms with van der Waals surface area (Å²) in [4.78, 5) is 2.45. The third kappa shape index (κ3) is 0.628. The Morgan fingerprint density at radius 1 is 1.33 bits per heavy atom. The first-order valence-corrected chi connectivity index (χ1v) is 3.59. The van der Waals surface area contributed by atoms with Crippen molar-refractivity contribution in [3.63, 3.8) is 0 Å². The average Bonchev–Trinajstić information content (AvgIpc) is 2.46. The summed E-state index contributed by atoms with van der Waals surface area (Å²) < 4.78 is 0. The van der Waals surface area contributed by atoms with Gasteiger partial charge in [-0.1, -0.05) is 0 Å². The smallest absolute Gasteiger partial charge is 0.0201 e. The Morgan fingerprint density at radius 2 is 2.00 bits per heavy atom. The molecule has 2 aliphatic heterocycles. The second-order valence-electron chi connectivity index (χ2n) is 3.28. The minimum atomic E-state index is 0.319. The molecule has 0 radical (unpaired) electrons. The van der Waals surface area contributed by atoms with Gasteiger partial charge >= 0.3 is 0 Å². The second-order valence-corrected chi connectivity index (χ2v) is 3.28. The fourth-order valence-electron chi connectivity index (χ4n) is 1.95. The van der Waals surface area contributed by atoms with E-state index in [1.807, 2.05) is 0 Å². The fraction of sp³-hybridized carbons (Fsp3) is 0.857. The predicted octanol–water partition coefficient (Wildman–Crippen LogP) is 0.732. The molecule has 0 spiro atoms. The minimum absolute atomic E-state index is 0.319. The first-order valence-electron chi connectivity index (χ1n) is 3.59. The molecule has 0 aromatic rings. The van der Waals surface area contributed by atoms with Crippen molar-refractivity contribution in [2.45, 2.75) is 12.8 Å². The molecule has 2 nitrogen and oxygen atoms in total. The van der Waals surface area contributed by atoms with Crippen molar-refractivity contribution in [3.8, 4) is 0 Å². The summed E-state index contributed by atoms with van der Waals surface area (Å²) in [6.45, 7) is 3.63. The van der Waals surface area contributed by atoms with Crippen LogP contribution < -0.4 is 0 Å². The van der Waals surface area contributed by atoms with Crippen LogP contribution in [0.3, 0.4) is 0 Å². The van der Waals surface area contributed by atoms with E-state index >= 15 is 0 Å². The van der Waals surface area contributed by atoms with Gasteiger partial charge in [0.1, 0.15) is 0 Å². The average molecular weight is 124 g/mol. The van der Waals surface area contributed by atoms with Crippen LogP contribution in [-0.4, -0.2) is 30.7 Å². The zero-order valence-electron chi connectivity index (χ0n) is 5.56. The molecule has 2 aliphatic rings. The summed E-state index contributed by atoms with van der Waals surface area (Å²) in [6.07, 6.45) is 4.13. The van der Waals surface area contributed by atoms with Gasteiger partial charge in [-0.25, -0.2) is 0 Å². The van der Waals surface area contributed by atoms with E-state index in [9.17, 15) is 0 Å². The lowest BCUT2D eigenvalue weighted by molar-refractivity contribution is 0.364. The van der Waals surface area contributed by atoms with Gasteiger partial charge in [0.05, 0.1) is 0 Å². The van der Waals surface area contributed by atoms with Crippen LogP contribution in [0, 0.1) is 10.8 Å². The van der Waals surface area contributed by atoms with Crippen LogP contribution in [-0.2, 0) is 0 Å². The zero-order chi connectivity index (χ0) is 6.32. The predicted molar refractivity (Wildman–Crippen MR) is 36.9 cm³/mol. The van der Waals surface area contributed by atoms with Crippen LogP contribution in [0.15, 0.2) is 0 Å². The molecule has 1 N–H and O–H groups in total. The van der Waals surface area contributed by atoms with Crippen molar-refractivity contribution in [1.29, 1.82) is 5.41 Å². The molecule has 9 heavy (non-hydrogen) atoms. The van der Waals surface area contributed by atoms with Crippen LogP contribution in [0.4, 0.5) is 0 Å². The molecule has 2 fully saturated rings. The third-order valence-electron chi connectivity index (χ3n) is 2.70.